The summed E-state index contributed by atoms with van der Waals surface area (Å²) in [4.78, 5) is 0.0574. The molecule has 0 spiro atoms. The highest BCUT2D eigenvalue weighted by Crippen LogP contribution is 2.28. The van der Waals surface area contributed by atoms with Crippen LogP contribution in [-0.2, 0) is 10.0 Å². The first-order valence-corrected chi connectivity index (χ1v) is 10.1. The first-order valence-electron chi connectivity index (χ1n) is 8.64. The number of ether oxygens (including phenoxy) is 1. The fourth-order valence-electron chi connectivity index (χ4n) is 2.63. The molecule has 2 N–H and O–H groups in total. The molecule has 0 saturated carbocycles. The summed E-state index contributed by atoms with van der Waals surface area (Å²) in [5.74, 6) is 0.915. The minimum absolute atomic E-state index is 0.0574. The van der Waals surface area contributed by atoms with Crippen molar-refractivity contribution in [2.45, 2.75) is 25.7 Å². The van der Waals surface area contributed by atoms with Gasteiger partial charge in [0.05, 0.1) is 7.11 Å². The Balaban J connectivity index is 1.82. The van der Waals surface area contributed by atoms with Crippen molar-refractivity contribution in [2.75, 3.05) is 17.1 Å². The summed E-state index contributed by atoms with van der Waals surface area (Å²) in [6, 6.07) is 14.3. The van der Waals surface area contributed by atoms with E-state index < -0.39 is 10.0 Å². The Morgan fingerprint density at radius 1 is 0.857 bits per heavy atom. The van der Waals surface area contributed by atoms with E-state index in [1.807, 2.05) is 45.0 Å². The van der Waals surface area contributed by atoms with Crippen LogP contribution in [-0.4, -0.2) is 25.7 Å². The van der Waals surface area contributed by atoms with Crippen LogP contribution in [0.25, 0.3) is 0 Å². The molecule has 8 heteroatoms. The van der Waals surface area contributed by atoms with Gasteiger partial charge in [0.2, 0.25) is 0 Å². The van der Waals surface area contributed by atoms with E-state index in [1.165, 1.54) is 7.11 Å². The van der Waals surface area contributed by atoms with E-state index in [0.29, 0.717) is 5.82 Å². The summed E-state index contributed by atoms with van der Waals surface area (Å²) in [5, 5.41) is 11.2. The topological polar surface area (TPSA) is 93.2 Å². The van der Waals surface area contributed by atoms with Crippen molar-refractivity contribution < 1.29 is 13.2 Å². The summed E-state index contributed by atoms with van der Waals surface area (Å²) in [5.41, 5.74) is 3.77. The predicted molar refractivity (Wildman–Crippen MR) is 110 cm³/mol. The standard InChI is InChI=1S/C20H22N4O3S/c1-13-7-5-6-8-16(13)21-19-9-10-20(23-22-19)24-28(25,26)18-12-15(3)14(2)11-17(18)27-4/h5-12H,1-4H3,(H,21,22)(H,23,24). The Labute approximate surface area is 164 Å². The van der Waals surface area contributed by atoms with E-state index in [0.717, 1.165) is 22.4 Å². The SMILES string of the molecule is COc1cc(C)c(C)cc1S(=O)(=O)Nc1ccc(Nc2ccccc2C)nn1. The van der Waals surface area contributed by atoms with Gasteiger partial charge in [0.1, 0.15) is 10.6 Å². The molecular weight excluding hydrogens is 376 g/mol. The molecule has 0 unspecified atom stereocenters. The van der Waals surface area contributed by atoms with Crippen LogP contribution in [0.3, 0.4) is 0 Å². The molecule has 7 nitrogen and oxygen atoms in total. The molecule has 0 amide bonds. The van der Waals surface area contributed by atoms with Gasteiger partial charge in [0.25, 0.3) is 10.0 Å². The molecule has 146 valence electrons. The number of para-hydroxylation sites is 1. The lowest BCUT2D eigenvalue weighted by molar-refractivity contribution is 0.402. The number of benzene rings is 2. The van der Waals surface area contributed by atoms with Gasteiger partial charge in [-0.05, 0) is 67.8 Å². The Bertz CT molecular complexity index is 1100. The third kappa shape index (κ3) is 4.23. The number of hydrogen-bond donors (Lipinski definition) is 2. The summed E-state index contributed by atoms with van der Waals surface area (Å²) in [7, 11) is -2.43. The molecule has 1 heterocycles. The number of sulfonamides is 1. The second-order valence-electron chi connectivity index (χ2n) is 6.44. The number of methoxy groups -OCH3 is 1. The smallest absolute Gasteiger partial charge is 0.266 e. The second-order valence-corrected chi connectivity index (χ2v) is 8.09. The first-order chi connectivity index (χ1) is 13.3. The Kier molecular flexibility index (Phi) is 5.51. The summed E-state index contributed by atoms with van der Waals surface area (Å²) >= 11 is 0. The Morgan fingerprint density at radius 2 is 1.50 bits per heavy atom. The first kappa shape index (κ1) is 19.6. The number of aryl methyl sites for hydroxylation is 3. The van der Waals surface area contributed by atoms with Gasteiger partial charge in [0.15, 0.2) is 11.6 Å². The van der Waals surface area contributed by atoms with Crippen LogP contribution in [0, 0.1) is 20.8 Å². The van der Waals surface area contributed by atoms with Gasteiger partial charge in [-0.2, -0.15) is 0 Å². The zero-order valence-electron chi connectivity index (χ0n) is 16.1. The van der Waals surface area contributed by atoms with Crippen LogP contribution in [0.15, 0.2) is 53.4 Å². The van der Waals surface area contributed by atoms with Gasteiger partial charge in [-0.3, -0.25) is 4.72 Å². The number of nitrogens with zero attached hydrogens (tertiary/aromatic N) is 2. The third-order valence-corrected chi connectivity index (χ3v) is 5.76. The molecule has 2 aromatic carbocycles. The lowest BCUT2D eigenvalue weighted by atomic mass is 10.1. The van der Waals surface area contributed by atoms with Crippen molar-refractivity contribution in [1.82, 2.24) is 10.2 Å². The van der Waals surface area contributed by atoms with Crippen molar-refractivity contribution in [3.63, 3.8) is 0 Å². The summed E-state index contributed by atoms with van der Waals surface area (Å²) < 4.78 is 33.3. The average Bonchev–Trinajstić information content (AvgIpc) is 2.66. The van der Waals surface area contributed by atoms with Crippen molar-refractivity contribution in [3.05, 3.63) is 65.2 Å². The molecule has 3 aromatic rings. The van der Waals surface area contributed by atoms with E-state index in [2.05, 4.69) is 20.2 Å². The number of aromatic nitrogens is 2. The zero-order chi connectivity index (χ0) is 20.3. The van der Waals surface area contributed by atoms with Gasteiger partial charge in [-0.25, -0.2) is 8.42 Å². The molecule has 0 atom stereocenters. The molecule has 0 aliphatic rings. The van der Waals surface area contributed by atoms with Crippen LogP contribution in [0.1, 0.15) is 16.7 Å². The number of hydrogen-bond acceptors (Lipinski definition) is 6. The normalized spacial score (nSPS) is 11.1. The lowest BCUT2D eigenvalue weighted by Gasteiger charge is -2.13. The minimum atomic E-state index is -3.87. The highest BCUT2D eigenvalue weighted by molar-refractivity contribution is 7.92. The maximum atomic E-state index is 12.8. The van der Waals surface area contributed by atoms with Crippen LogP contribution >= 0.6 is 0 Å². The van der Waals surface area contributed by atoms with Gasteiger partial charge in [0, 0.05) is 5.69 Å². The fourth-order valence-corrected chi connectivity index (χ4v) is 3.86. The van der Waals surface area contributed by atoms with Crippen LogP contribution < -0.4 is 14.8 Å². The Hall–Kier alpha value is -3.13. The van der Waals surface area contributed by atoms with Gasteiger partial charge in [-0.15, -0.1) is 10.2 Å². The number of anilines is 3. The predicted octanol–water partition coefficient (Wildman–Crippen LogP) is 3.95. The molecule has 0 fully saturated rings. The highest BCUT2D eigenvalue weighted by Gasteiger charge is 2.21. The molecule has 3 rings (SSSR count). The van der Waals surface area contributed by atoms with Crippen molar-refractivity contribution >= 4 is 27.3 Å². The van der Waals surface area contributed by atoms with Gasteiger partial charge >= 0.3 is 0 Å². The lowest BCUT2D eigenvalue weighted by Crippen LogP contribution is -2.16. The van der Waals surface area contributed by atoms with Crippen LogP contribution in [0.2, 0.25) is 0 Å². The Morgan fingerprint density at radius 3 is 2.14 bits per heavy atom. The van der Waals surface area contributed by atoms with E-state index in [9.17, 15) is 8.42 Å². The van der Waals surface area contributed by atoms with E-state index in [1.54, 1.807) is 24.3 Å². The third-order valence-electron chi connectivity index (χ3n) is 4.38. The molecule has 0 saturated heterocycles. The second kappa shape index (κ2) is 7.85. The molecule has 0 bridgehead atoms. The quantitative estimate of drug-likeness (QED) is 0.653. The number of rotatable bonds is 6. The van der Waals surface area contributed by atoms with Crippen molar-refractivity contribution in [2.24, 2.45) is 0 Å². The summed E-state index contributed by atoms with van der Waals surface area (Å²) in [6.07, 6.45) is 0. The maximum Gasteiger partial charge on any atom is 0.266 e. The van der Waals surface area contributed by atoms with Gasteiger partial charge < -0.3 is 10.1 Å². The van der Waals surface area contributed by atoms with E-state index in [-0.39, 0.29) is 16.5 Å². The van der Waals surface area contributed by atoms with Crippen molar-refractivity contribution in [3.8, 4) is 5.75 Å². The minimum Gasteiger partial charge on any atom is -0.495 e. The van der Waals surface area contributed by atoms with Crippen LogP contribution in [0.5, 0.6) is 5.75 Å². The average molecular weight is 398 g/mol. The molecule has 1 aromatic heterocycles. The molecule has 0 aliphatic heterocycles. The monoisotopic (exact) mass is 398 g/mol. The summed E-state index contributed by atoms with van der Waals surface area (Å²) in [6.45, 7) is 5.72. The van der Waals surface area contributed by atoms with Crippen LogP contribution in [0.4, 0.5) is 17.3 Å². The highest BCUT2D eigenvalue weighted by atomic mass is 32.2. The van der Waals surface area contributed by atoms with E-state index >= 15 is 0 Å². The molecular formula is C20H22N4O3S. The zero-order valence-corrected chi connectivity index (χ0v) is 17.0. The molecule has 0 aliphatic carbocycles. The largest absolute Gasteiger partial charge is 0.495 e. The van der Waals surface area contributed by atoms with Crippen molar-refractivity contribution in [1.29, 1.82) is 0 Å². The fraction of sp³-hybridized carbons (Fsp3) is 0.200. The van der Waals surface area contributed by atoms with Gasteiger partial charge in [-0.1, -0.05) is 18.2 Å². The molecule has 0 radical (unpaired) electrons. The maximum absolute atomic E-state index is 12.8. The number of nitrogens with one attached hydrogen (secondary N) is 2. The molecule has 28 heavy (non-hydrogen) atoms. The van der Waals surface area contributed by atoms with E-state index in [4.69, 9.17) is 4.74 Å².